The summed E-state index contributed by atoms with van der Waals surface area (Å²) in [6, 6.07) is 26.6. The lowest BCUT2D eigenvalue weighted by atomic mass is 10.1. The molecule has 0 radical (unpaired) electrons. The number of benzene rings is 4. The van der Waals surface area contributed by atoms with Gasteiger partial charge in [-0.25, -0.2) is 18.2 Å². The van der Waals surface area contributed by atoms with Crippen molar-refractivity contribution in [2.24, 2.45) is 5.14 Å². The summed E-state index contributed by atoms with van der Waals surface area (Å²) in [6.45, 7) is 1.81. The first-order valence-corrected chi connectivity index (χ1v) is 12.9. The van der Waals surface area contributed by atoms with E-state index in [1.807, 2.05) is 36.4 Å². The van der Waals surface area contributed by atoms with Gasteiger partial charge in [-0.15, -0.1) is 0 Å². The lowest BCUT2D eigenvalue weighted by Gasteiger charge is -2.12. The Morgan fingerprint density at radius 2 is 1.56 bits per heavy atom. The van der Waals surface area contributed by atoms with Gasteiger partial charge in [0, 0.05) is 11.3 Å². The van der Waals surface area contributed by atoms with Crippen LogP contribution >= 0.6 is 11.6 Å². The summed E-state index contributed by atoms with van der Waals surface area (Å²) < 4.78 is 25.4. The second kappa shape index (κ2) is 9.23. The summed E-state index contributed by atoms with van der Waals surface area (Å²) in [7, 11) is -3.88. The molecule has 0 aliphatic carbocycles. The Morgan fingerprint density at radius 1 is 0.917 bits per heavy atom. The molecular formula is C27H21ClN4O3S. The van der Waals surface area contributed by atoms with Crippen molar-refractivity contribution < 1.29 is 13.2 Å². The molecular weight excluding hydrogens is 496 g/mol. The number of carbonyl (C=O) groups is 1. The highest BCUT2D eigenvalue weighted by Gasteiger charge is 2.19. The molecule has 0 fully saturated rings. The molecule has 0 saturated carbocycles. The molecule has 5 rings (SSSR count). The molecule has 9 heteroatoms. The molecule has 0 bridgehead atoms. The van der Waals surface area contributed by atoms with E-state index in [0.717, 1.165) is 10.8 Å². The van der Waals surface area contributed by atoms with Crippen molar-refractivity contribution in [2.75, 3.05) is 5.32 Å². The molecule has 3 N–H and O–H groups in total. The van der Waals surface area contributed by atoms with E-state index in [0.29, 0.717) is 38.9 Å². The zero-order valence-electron chi connectivity index (χ0n) is 19.1. The van der Waals surface area contributed by atoms with Gasteiger partial charge in [0.15, 0.2) is 0 Å². The third-order valence-corrected chi connectivity index (χ3v) is 7.03. The van der Waals surface area contributed by atoms with Gasteiger partial charge in [-0.05, 0) is 59.7 Å². The molecule has 1 aromatic heterocycles. The Balaban J connectivity index is 1.45. The molecule has 1 heterocycles. The number of carbonyl (C=O) groups excluding carboxylic acids is 1. The van der Waals surface area contributed by atoms with Crippen LogP contribution in [0, 0.1) is 6.92 Å². The second-order valence-corrected chi connectivity index (χ2v) is 10.2. The highest BCUT2D eigenvalue weighted by molar-refractivity contribution is 7.89. The quantitative estimate of drug-likeness (QED) is 0.319. The molecule has 180 valence electrons. The molecule has 7 nitrogen and oxygen atoms in total. The molecule has 0 aliphatic rings. The van der Waals surface area contributed by atoms with Gasteiger partial charge in [0.25, 0.3) is 5.91 Å². The Morgan fingerprint density at radius 3 is 2.25 bits per heavy atom. The number of aryl methyl sites for hydroxylation is 1. The number of anilines is 1. The van der Waals surface area contributed by atoms with Crippen LogP contribution in [0.3, 0.4) is 0 Å². The summed E-state index contributed by atoms with van der Waals surface area (Å²) >= 11 is 6.56. The average Bonchev–Trinajstić information content (AvgIpc) is 3.25. The first-order valence-electron chi connectivity index (χ1n) is 11.0. The van der Waals surface area contributed by atoms with E-state index in [4.69, 9.17) is 16.7 Å². The lowest BCUT2D eigenvalue weighted by molar-refractivity contribution is 0.101. The highest BCUT2D eigenvalue weighted by atomic mass is 35.5. The number of halogens is 1. The van der Waals surface area contributed by atoms with Crippen molar-refractivity contribution in [3.8, 4) is 16.8 Å². The van der Waals surface area contributed by atoms with Gasteiger partial charge in [0.2, 0.25) is 10.0 Å². The number of sulfonamides is 1. The molecule has 1 amide bonds. The Kier molecular flexibility index (Phi) is 6.09. The van der Waals surface area contributed by atoms with Crippen LogP contribution in [0.15, 0.2) is 95.9 Å². The summed E-state index contributed by atoms with van der Waals surface area (Å²) in [5, 5.41) is 15.2. The first-order chi connectivity index (χ1) is 17.2. The van der Waals surface area contributed by atoms with Crippen molar-refractivity contribution >= 4 is 44.0 Å². The van der Waals surface area contributed by atoms with Gasteiger partial charge in [-0.3, -0.25) is 4.79 Å². The smallest absolute Gasteiger partial charge is 0.274 e. The molecule has 0 aliphatic heterocycles. The fraction of sp³-hybridized carbons (Fsp3) is 0.0370. The minimum Gasteiger partial charge on any atom is -0.321 e. The summed E-state index contributed by atoms with van der Waals surface area (Å²) in [5.74, 6) is -0.363. The largest absolute Gasteiger partial charge is 0.321 e. The predicted molar refractivity (Wildman–Crippen MR) is 142 cm³/mol. The van der Waals surface area contributed by atoms with Gasteiger partial charge >= 0.3 is 0 Å². The van der Waals surface area contributed by atoms with E-state index in [1.54, 1.807) is 55.5 Å². The number of fused-ring (bicyclic) bond motifs is 1. The molecule has 5 aromatic rings. The van der Waals surface area contributed by atoms with Crippen molar-refractivity contribution in [3.63, 3.8) is 0 Å². The Hall–Kier alpha value is -3.98. The molecule has 0 atom stereocenters. The lowest BCUT2D eigenvalue weighted by Crippen LogP contribution is -2.17. The third-order valence-electron chi connectivity index (χ3n) is 5.75. The predicted octanol–water partition coefficient (Wildman–Crippen LogP) is 5.55. The van der Waals surface area contributed by atoms with Crippen LogP contribution in [0.1, 0.15) is 16.2 Å². The molecule has 0 unspecified atom stereocenters. The van der Waals surface area contributed by atoms with Crippen LogP contribution in [-0.2, 0) is 10.0 Å². The van der Waals surface area contributed by atoms with Crippen LogP contribution in [0.4, 0.5) is 5.69 Å². The van der Waals surface area contributed by atoms with Crippen LogP contribution in [0.25, 0.3) is 27.6 Å². The van der Waals surface area contributed by atoms with Gasteiger partial charge in [-0.2, -0.15) is 5.10 Å². The van der Waals surface area contributed by atoms with E-state index < -0.39 is 10.0 Å². The average molecular weight is 517 g/mol. The van der Waals surface area contributed by atoms with Crippen LogP contribution in [0.5, 0.6) is 0 Å². The SMILES string of the molecule is Cc1cc(C(=O)Nc2ccc(-c3ccccc3S(N)(=O)=O)cc2)n(-c2cc3ccccc3cc2Cl)n1. The monoisotopic (exact) mass is 516 g/mol. The van der Waals surface area contributed by atoms with Crippen LogP contribution in [0.2, 0.25) is 5.02 Å². The number of nitrogens with zero attached hydrogens (tertiary/aromatic N) is 2. The molecule has 4 aromatic carbocycles. The fourth-order valence-corrected chi connectivity index (χ4v) is 5.10. The van der Waals surface area contributed by atoms with Crippen LogP contribution < -0.4 is 10.5 Å². The maximum Gasteiger partial charge on any atom is 0.274 e. The Bertz CT molecular complexity index is 1730. The van der Waals surface area contributed by atoms with E-state index in [1.165, 1.54) is 10.7 Å². The number of aromatic nitrogens is 2. The maximum absolute atomic E-state index is 13.2. The number of rotatable bonds is 5. The molecule has 0 spiro atoms. The van der Waals surface area contributed by atoms with Gasteiger partial charge in [-0.1, -0.05) is 66.2 Å². The van der Waals surface area contributed by atoms with Gasteiger partial charge in [0.1, 0.15) is 5.69 Å². The van der Waals surface area contributed by atoms with E-state index in [9.17, 15) is 13.2 Å². The normalized spacial score (nSPS) is 11.5. The van der Waals surface area contributed by atoms with E-state index >= 15 is 0 Å². The zero-order chi connectivity index (χ0) is 25.4. The first kappa shape index (κ1) is 23.7. The zero-order valence-corrected chi connectivity index (χ0v) is 20.7. The number of primary sulfonamides is 1. The van der Waals surface area contributed by atoms with E-state index in [2.05, 4.69) is 10.4 Å². The number of amides is 1. The number of nitrogens with two attached hydrogens (primary N) is 1. The van der Waals surface area contributed by atoms with E-state index in [-0.39, 0.29) is 10.8 Å². The minimum absolute atomic E-state index is 0.0356. The third kappa shape index (κ3) is 4.61. The van der Waals surface area contributed by atoms with Gasteiger partial charge in [0.05, 0.1) is 21.3 Å². The van der Waals surface area contributed by atoms with Gasteiger partial charge < -0.3 is 5.32 Å². The summed E-state index contributed by atoms with van der Waals surface area (Å²) in [6.07, 6.45) is 0. The van der Waals surface area contributed by atoms with Crippen molar-refractivity contribution in [1.82, 2.24) is 9.78 Å². The standard InChI is InChI=1S/C27H21ClN4O3S/c1-17-14-25(32(31-17)24-16-20-7-3-2-6-19(20)15-23(24)28)27(33)30-21-12-10-18(11-13-21)22-8-4-5-9-26(22)36(29,34)35/h2-16H,1H3,(H,30,33)(H2,29,34,35). The summed E-state index contributed by atoms with van der Waals surface area (Å²) in [4.78, 5) is 13.3. The van der Waals surface area contributed by atoms with Crippen LogP contribution in [-0.4, -0.2) is 24.1 Å². The Labute approximate surface area is 213 Å². The maximum atomic E-state index is 13.2. The number of nitrogens with one attached hydrogen (secondary N) is 1. The summed E-state index contributed by atoms with van der Waals surface area (Å²) in [5.41, 5.74) is 3.27. The topological polar surface area (TPSA) is 107 Å². The molecule has 0 saturated heterocycles. The fourth-order valence-electron chi connectivity index (χ4n) is 4.09. The number of hydrogen-bond acceptors (Lipinski definition) is 4. The number of hydrogen-bond donors (Lipinski definition) is 2. The highest BCUT2D eigenvalue weighted by Crippen LogP contribution is 2.29. The minimum atomic E-state index is -3.88. The second-order valence-electron chi connectivity index (χ2n) is 8.31. The van der Waals surface area contributed by atoms with Crippen molar-refractivity contribution in [3.05, 3.63) is 107 Å². The van der Waals surface area contributed by atoms with Crippen molar-refractivity contribution in [1.29, 1.82) is 0 Å². The van der Waals surface area contributed by atoms with Crippen molar-refractivity contribution in [2.45, 2.75) is 11.8 Å². The molecule has 36 heavy (non-hydrogen) atoms.